The van der Waals surface area contributed by atoms with Crippen LogP contribution < -0.4 is 33.2 Å². The molecule has 4 fully saturated rings. The van der Waals surface area contributed by atoms with Gasteiger partial charge in [-0.2, -0.15) is 0 Å². The molecule has 0 amide bonds. The normalized spacial score (nSPS) is 33.5. The molecule has 4 saturated heterocycles. The van der Waals surface area contributed by atoms with E-state index in [-0.39, 0.29) is 57.6 Å². The molecule has 4 heterocycles. The molecule has 0 unspecified atom stereocenters. The van der Waals surface area contributed by atoms with Crippen LogP contribution in [0.1, 0.15) is 35.0 Å². The highest BCUT2D eigenvalue weighted by atomic mass is 16.7. The second-order valence-electron chi connectivity index (χ2n) is 15.8. The molecule has 0 saturated carbocycles. The molecule has 21 nitrogen and oxygen atoms in total. The maximum absolute atomic E-state index is 11.5. The molecule has 0 aromatic heterocycles. The summed E-state index contributed by atoms with van der Waals surface area (Å²) < 4.78 is 64.0. The second kappa shape index (κ2) is 20.5. The lowest BCUT2D eigenvalue weighted by atomic mass is 9.84. The van der Waals surface area contributed by atoms with Gasteiger partial charge in [0.2, 0.25) is 18.3 Å². The summed E-state index contributed by atoms with van der Waals surface area (Å²) in [4.78, 5) is 0. The Balaban J connectivity index is 1.04. The van der Waals surface area contributed by atoms with E-state index in [9.17, 15) is 51.1 Å². The quantitative estimate of drug-likeness (QED) is 0.0747. The first-order valence-corrected chi connectivity index (χ1v) is 20.6. The van der Waals surface area contributed by atoms with E-state index in [0.717, 1.165) is 5.56 Å². The van der Waals surface area contributed by atoms with Crippen molar-refractivity contribution < 1.29 is 103 Å². The Hall–Kier alpha value is -4.30. The first-order valence-electron chi connectivity index (χ1n) is 20.6. The molecule has 7 rings (SSSR count). The molecule has 354 valence electrons. The fourth-order valence-electron chi connectivity index (χ4n) is 8.49. The van der Waals surface area contributed by atoms with Crippen LogP contribution >= 0.6 is 0 Å². The fraction of sp³-hybridized carbons (Fsp3) is 0.581. The van der Waals surface area contributed by atoms with Crippen molar-refractivity contribution in [1.82, 2.24) is 0 Å². The lowest BCUT2D eigenvalue weighted by Crippen LogP contribution is -2.60. The maximum Gasteiger partial charge on any atom is 0.229 e. The smallest absolute Gasteiger partial charge is 0.229 e. The first-order chi connectivity index (χ1) is 30.8. The number of hydrogen-bond acceptors (Lipinski definition) is 21. The summed E-state index contributed by atoms with van der Waals surface area (Å²) >= 11 is 0. The minimum absolute atomic E-state index is 0.0379. The van der Waals surface area contributed by atoms with Gasteiger partial charge in [-0.3, -0.25) is 0 Å². The summed E-state index contributed by atoms with van der Waals surface area (Å²) in [6.07, 6.45) is -18.5. The first kappa shape index (κ1) is 47.7. The van der Waals surface area contributed by atoms with Crippen LogP contribution in [0.15, 0.2) is 48.5 Å². The number of aliphatic hydroxyl groups excluding tert-OH is 10. The van der Waals surface area contributed by atoms with Gasteiger partial charge in [-0.05, 0) is 53.1 Å². The Morgan fingerprint density at radius 1 is 0.547 bits per heavy atom. The van der Waals surface area contributed by atoms with E-state index in [1.54, 1.807) is 30.3 Å². The minimum Gasteiger partial charge on any atom is -0.493 e. The van der Waals surface area contributed by atoms with Crippen molar-refractivity contribution in [3.8, 4) is 40.2 Å². The van der Waals surface area contributed by atoms with Crippen molar-refractivity contribution in [1.29, 1.82) is 0 Å². The number of fused-ring (bicyclic) bond motifs is 1. The molecule has 64 heavy (non-hydrogen) atoms. The van der Waals surface area contributed by atoms with Crippen LogP contribution in [0.3, 0.4) is 0 Å². The van der Waals surface area contributed by atoms with E-state index in [2.05, 4.69) is 0 Å². The van der Waals surface area contributed by atoms with Gasteiger partial charge in [-0.15, -0.1) is 0 Å². The average molecular weight is 909 g/mol. The Morgan fingerprint density at radius 3 is 1.47 bits per heavy atom. The number of rotatable bonds is 17. The van der Waals surface area contributed by atoms with Gasteiger partial charge in [0.1, 0.15) is 54.9 Å². The van der Waals surface area contributed by atoms with Gasteiger partial charge in [-0.25, -0.2) is 0 Å². The predicted molar refractivity (Wildman–Crippen MR) is 215 cm³/mol. The highest BCUT2D eigenvalue weighted by molar-refractivity contribution is 5.55. The van der Waals surface area contributed by atoms with E-state index in [4.69, 9.17) is 52.1 Å². The Kier molecular flexibility index (Phi) is 15.2. The second-order valence-corrected chi connectivity index (χ2v) is 15.8. The molecule has 0 aliphatic carbocycles. The van der Waals surface area contributed by atoms with Crippen molar-refractivity contribution >= 4 is 0 Å². The van der Waals surface area contributed by atoms with E-state index in [1.165, 1.54) is 46.6 Å². The fourth-order valence-corrected chi connectivity index (χ4v) is 8.49. The topological polar surface area (TPSA) is 304 Å². The highest BCUT2D eigenvalue weighted by Gasteiger charge is 2.50. The monoisotopic (exact) mass is 908 g/mol. The van der Waals surface area contributed by atoms with E-state index in [0.29, 0.717) is 18.8 Å². The van der Waals surface area contributed by atoms with Crippen LogP contribution in [0, 0.1) is 11.8 Å². The zero-order valence-electron chi connectivity index (χ0n) is 35.4. The molecule has 0 radical (unpaired) electrons. The molecule has 0 bridgehead atoms. The summed E-state index contributed by atoms with van der Waals surface area (Å²) in [6, 6.07) is 12.8. The van der Waals surface area contributed by atoms with Gasteiger partial charge >= 0.3 is 0 Å². The highest BCUT2D eigenvalue weighted by Crippen LogP contribution is 2.53. The van der Waals surface area contributed by atoms with Crippen LogP contribution in [0.5, 0.6) is 40.2 Å². The molecule has 4 aliphatic heterocycles. The molecule has 21 heteroatoms. The summed E-state index contributed by atoms with van der Waals surface area (Å²) in [5.41, 5.74) is 1.69. The SMILES string of the molecule is COc1cc([C@H]2OC[C@H]3[C@@H]2CO[C@@H]3c2cc(OC)c(O[C@H](CO)[C@@H](O)c3ccc(O[C@@H]4O[C@H](CO)[C@@H](O)[C@H](O)[C@H]4O)c(OC)c3)c(OC)c2)ccc1O[C@@H]1O[C@H](CO)[C@@H](O)[C@H](O)[C@H]1O. The van der Waals surface area contributed by atoms with Crippen LogP contribution in [0.25, 0.3) is 0 Å². The van der Waals surface area contributed by atoms with E-state index < -0.39 is 106 Å². The van der Waals surface area contributed by atoms with Gasteiger partial charge in [0, 0.05) is 11.8 Å². The molecule has 0 spiro atoms. The summed E-state index contributed by atoms with van der Waals surface area (Å²) in [7, 11) is 5.63. The number of hydrogen-bond donors (Lipinski definition) is 10. The summed E-state index contributed by atoms with van der Waals surface area (Å²) in [6.45, 7) is -1.23. The predicted octanol–water partition coefficient (Wildman–Crippen LogP) is -1.37. The number of benzene rings is 3. The lowest BCUT2D eigenvalue weighted by molar-refractivity contribution is -0.277. The number of ether oxygens (including phenoxy) is 11. The minimum atomic E-state index is -1.67. The van der Waals surface area contributed by atoms with Crippen molar-refractivity contribution in [2.24, 2.45) is 11.8 Å². The zero-order chi connectivity index (χ0) is 46.0. The Labute approximate surface area is 367 Å². The van der Waals surface area contributed by atoms with Crippen LogP contribution in [-0.2, 0) is 18.9 Å². The van der Waals surface area contributed by atoms with Gasteiger partial charge in [0.15, 0.2) is 40.6 Å². The van der Waals surface area contributed by atoms with Gasteiger partial charge in [-0.1, -0.05) is 12.1 Å². The maximum atomic E-state index is 11.5. The van der Waals surface area contributed by atoms with Crippen molar-refractivity contribution in [2.75, 3.05) is 61.5 Å². The van der Waals surface area contributed by atoms with Crippen molar-refractivity contribution in [2.45, 2.75) is 85.8 Å². The van der Waals surface area contributed by atoms with Crippen molar-refractivity contribution in [3.63, 3.8) is 0 Å². The third-order valence-corrected chi connectivity index (χ3v) is 12.1. The van der Waals surface area contributed by atoms with Gasteiger partial charge in [0.05, 0.1) is 73.7 Å². The van der Waals surface area contributed by atoms with Gasteiger partial charge < -0.3 is 103 Å². The molecular formula is C43H56O21. The van der Waals surface area contributed by atoms with Crippen LogP contribution in [-0.4, -0.2) is 180 Å². The largest absolute Gasteiger partial charge is 0.493 e. The Morgan fingerprint density at radius 2 is 1.00 bits per heavy atom. The number of aliphatic hydroxyl groups is 10. The lowest BCUT2D eigenvalue weighted by Gasteiger charge is -2.39. The third-order valence-electron chi connectivity index (χ3n) is 12.1. The molecule has 4 aliphatic rings. The van der Waals surface area contributed by atoms with Crippen LogP contribution in [0.4, 0.5) is 0 Å². The molecule has 3 aromatic carbocycles. The summed E-state index contributed by atoms with van der Waals surface area (Å²) in [5, 5.41) is 103. The van der Waals surface area contributed by atoms with Gasteiger partial charge in [0.25, 0.3) is 0 Å². The summed E-state index contributed by atoms with van der Waals surface area (Å²) in [5.74, 6) is 0.911. The van der Waals surface area contributed by atoms with Crippen LogP contribution in [0.2, 0.25) is 0 Å². The molecule has 10 N–H and O–H groups in total. The van der Waals surface area contributed by atoms with E-state index in [1.807, 2.05) is 0 Å². The Bertz CT molecular complexity index is 1990. The molecule has 16 atom stereocenters. The standard InChI is InChI=1S/C43H56O21/c1-54-25-9-18(5-7-23(25)61-42-37(52)35(50)33(48)30(14-45)63-42)32(47)29(13-44)60-41-27(56-3)11-20(12-28(41)57-4)40-22-17-58-39(21(22)16-59-40)19-6-8-24(26(10-19)55-2)62-43-38(53)36(51)34(49)31(15-46)64-43/h5-12,21-22,29-40,42-53H,13-17H2,1-4H3/t21-,22-,29+,30+,31+,32-,33+,34+,35-,36-,37+,38+,39+,40+,42+,43+/m0/s1. The molecule has 3 aromatic rings. The molecular weight excluding hydrogens is 852 g/mol. The van der Waals surface area contributed by atoms with Crippen molar-refractivity contribution in [3.05, 3.63) is 65.2 Å². The average Bonchev–Trinajstić information content (AvgIpc) is 3.94. The van der Waals surface area contributed by atoms with E-state index >= 15 is 0 Å². The zero-order valence-corrected chi connectivity index (χ0v) is 35.4. The number of methoxy groups -OCH3 is 4. The third kappa shape index (κ3) is 9.24.